The lowest BCUT2D eigenvalue weighted by Gasteiger charge is -2.34. The van der Waals surface area contributed by atoms with Crippen LogP contribution in [0.25, 0.3) is 5.78 Å². The van der Waals surface area contributed by atoms with Crippen LogP contribution in [0.5, 0.6) is 0 Å². The third kappa shape index (κ3) is 4.04. The Morgan fingerprint density at radius 3 is 2.71 bits per heavy atom. The summed E-state index contributed by atoms with van der Waals surface area (Å²) >= 11 is 7.63. The Labute approximate surface area is 173 Å². The molecule has 28 heavy (non-hydrogen) atoms. The van der Waals surface area contributed by atoms with Gasteiger partial charge in [0.05, 0.1) is 4.34 Å². The van der Waals surface area contributed by atoms with Gasteiger partial charge in [-0.3, -0.25) is 9.69 Å². The van der Waals surface area contributed by atoms with Gasteiger partial charge in [0.2, 0.25) is 5.91 Å². The number of nitrogens with zero attached hydrogens (tertiary/aromatic N) is 6. The van der Waals surface area contributed by atoms with Gasteiger partial charge in [-0.05, 0) is 38.0 Å². The van der Waals surface area contributed by atoms with Gasteiger partial charge in [-0.15, -0.1) is 11.3 Å². The van der Waals surface area contributed by atoms with Gasteiger partial charge >= 0.3 is 0 Å². The molecule has 0 saturated carbocycles. The molecular formula is C19H23ClN6OS. The molecule has 0 unspecified atom stereocenters. The molecule has 148 valence electrons. The standard InChI is InChI=1S/C19H23ClN6OS/c1-13-16(14(2)26-19(23-13)21-12-22-26)4-6-18(27)25-9-7-24(8-10-25)11-15-3-5-17(20)28-15/h3,5,12H,4,6-11H2,1-2H3. The number of aryl methyl sites for hydroxylation is 2. The maximum absolute atomic E-state index is 12.7. The van der Waals surface area contributed by atoms with Crippen LogP contribution in [0.2, 0.25) is 4.34 Å². The first-order chi connectivity index (χ1) is 13.5. The molecule has 0 radical (unpaired) electrons. The number of amides is 1. The van der Waals surface area contributed by atoms with E-state index in [-0.39, 0.29) is 5.91 Å². The topological polar surface area (TPSA) is 66.6 Å². The van der Waals surface area contributed by atoms with Crippen molar-refractivity contribution < 1.29 is 4.79 Å². The highest BCUT2D eigenvalue weighted by Gasteiger charge is 2.22. The quantitative estimate of drug-likeness (QED) is 0.637. The average molecular weight is 419 g/mol. The van der Waals surface area contributed by atoms with Crippen molar-refractivity contribution in [2.45, 2.75) is 33.2 Å². The van der Waals surface area contributed by atoms with E-state index in [1.54, 1.807) is 15.9 Å². The monoisotopic (exact) mass is 418 g/mol. The second-order valence-corrected chi connectivity index (χ2v) is 8.90. The van der Waals surface area contributed by atoms with E-state index >= 15 is 0 Å². The fraction of sp³-hybridized carbons (Fsp3) is 0.474. The Kier molecular flexibility index (Phi) is 5.61. The van der Waals surface area contributed by atoms with E-state index in [1.165, 1.54) is 11.2 Å². The van der Waals surface area contributed by atoms with Gasteiger partial charge < -0.3 is 4.90 Å². The number of fused-ring (bicyclic) bond motifs is 1. The molecule has 3 aromatic heterocycles. The summed E-state index contributed by atoms with van der Waals surface area (Å²) in [5, 5.41) is 4.22. The molecule has 3 aromatic rings. The molecule has 0 atom stereocenters. The van der Waals surface area contributed by atoms with Gasteiger partial charge in [-0.1, -0.05) is 11.6 Å². The number of halogens is 1. The maximum atomic E-state index is 12.7. The number of carbonyl (C=O) groups excluding carboxylic acids is 1. The van der Waals surface area contributed by atoms with Crippen molar-refractivity contribution in [2.75, 3.05) is 26.2 Å². The van der Waals surface area contributed by atoms with Crippen LogP contribution in [0, 0.1) is 13.8 Å². The summed E-state index contributed by atoms with van der Waals surface area (Å²) < 4.78 is 2.57. The van der Waals surface area contributed by atoms with E-state index < -0.39 is 0 Å². The Morgan fingerprint density at radius 1 is 1.21 bits per heavy atom. The van der Waals surface area contributed by atoms with E-state index in [0.717, 1.165) is 54.0 Å². The van der Waals surface area contributed by atoms with E-state index in [1.807, 2.05) is 24.8 Å². The van der Waals surface area contributed by atoms with E-state index in [9.17, 15) is 4.79 Å². The third-order valence-corrected chi connectivity index (χ3v) is 6.53. The highest BCUT2D eigenvalue weighted by molar-refractivity contribution is 7.16. The zero-order valence-electron chi connectivity index (χ0n) is 16.1. The minimum atomic E-state index is 0.205. The molecule has 1 aliphatic heterocycles. The fourth-order valence-electron chi connectivity index (χ4n) is 3.72. The summed E-state index contributed by atoms with van der Waals surface area (Å²) in [7, 11) is 0. The minimum absolute atomic E-state index is 0.205. The molecule has 0 aliphatic carbocycles. The third-order valence-electron chi connectivity index (χ3n) is 5.31. The lowest BCUT2D eigenvalue weighted by Crippen LogP contribution is -2.48. The highest BCUT2D eigenvalue weighted by Crippen LogP contribution is 2.23. The van der Waals surface area contributed by atoms with E-state index in [2.05, 4.69) is 26.0 Å². The summed E-state index contributed by atoms with van der Waals surface area (Å²) in [6.07, 6.45) is 2.67. The van der Waals surface area contributed by atoms with E-state index in [4.69, 9.17) is 11.6 Å². The Hall–Kier alpha value is -2.03. The summed E-state index contributed by atoms with van der Waals surface area (Å²) in [6, 6.07) is 4.02. The first-order valence-corrected chi connectivity index (χ1v) is 10.6. The van der Waals surface area contributed by atoms with Gasteiger partial charge in [-0.25, -0.2) is 9.50 Å². The highest BCUT2D eigenvalue weighted by atomic mass is 35.5. The second kappa shape index (κ2) is 8.14. The van der Waals surface area contributed by atoms with Crippen molar-refractivity contribution in [1.82, 2.24) is 29.4 Å². The summed E-state index contributed by atoms with van der Waals surface area (Å²) in [5.74, 6) is 0.810. The molecule has 0 aromatic carbocycles. The SMILES string of the molecule is Cc1nc2ncnn2c(C)c1CCC(=O)N1CCN(Cc2ccc(Cl)s2)CC1. The smallest absolute Gasteiger partial charge is 0.252 e. The molecule has 0 spiro atoms. The van der Waals surface area contributed by atoms with Crippen LogP contribution in [0.1, 0.15) is 28.2 Å². The number of carbonyl (C=O) groups is 1. The van der Waals surface area contributed by atoms with Crippen molar-refractivity contribution in [3.63, 3.8) is 0 Å². The molecule has 0 bridgehead atoms. The average Bonchev–Trinajstić information content (AvgIpc) is 3.31. The Bertz CT molecular complexity index is 992. The van der Waals surface area contributed by atoms with Crippen molar-refractivity contribution >= 4 is 34.6 Å². The van der Waals surface area contributed by atoms with Gasteiger partial charge in [0.25, 0.3) is 5.78 Å². The van der Waals surface area contributed by atoms with Gasteiger partial charge in [-0.2, -0.15) is 10.1 Å². The molecule has 9 heteroatoms. The largest absolute Gasteiger partial charge is 0.340 e. The Balaban J connectivity index is 1.31. The minimum Gasteiger partial charge on any atom is -0.340 e. The lowest BCUT2D eigenvalue weighted by molar-refractivity contribution is -0.132. The van der Waals surface area contributed by atoms with Crippen molar-refractivity contribution in [3.8, 4) is 0 Å². The normalized spacial score (nSPS) is 15.5. The molecule has 7 nitrogen and oxygen atoms in total. The van der Waals surface area contributed by atoms with Gasteiger partial charge in [0.15, 0.2) is 0 Å². The van der Waals surface area contributed by atoms with Crippen LogP contribution in [-0.4, -0.2) is 61.5 Å². The summed E-state index contributed by atoms with van der Waals surface area (Å²) in [6.45, 7) is 8.22. The first-order valence-electron chi connectivity index (χ1n) is 9.41. The number of rotatable bonds is 5. The number of hydrogen-bond acceptors (Lipinski definition) is 6. The van der Waals surface area contributed by atoms with Crippen LogP contribution in [0.3, 0.4) is 0 Å². The lowest BCUT2D eigenvalue weighted by atomic mass is 10.1. The van der Waals surface area contributed by atoms with E-state index in [0.29, 0.717) is 18.6 Å². The van der Waals surface area contributed by atoms with Gasteiger partial charge in [0, 0.05) is 55.4 Å². The molecule has 4 rings (SSSR count). The maximum Gasteiger partial charge on any atom is 0.252 e. The molecule has 4 heterocycles. The number of hydrogen-bond donors (Lipinski definition) is 0. The first kappa shape index (κ1) is 19.3. The van der Waals surface area contributed by atoms with Crippen LogP contribution in [0.4, 0.5) is 0 Å². The van der Waals surface area contributed by atoms with Crippen molar-refractivity contribution in [1.29, 1.82) is 0 Å². The zero-order chi connectivity index (χ0) is 19.7. The number of thiophene rings is 1. The molecule has 1 aliphatic rings. The van der Waals surface area contributed by atoms with Crippen LogP contribution < -0.4 is 0 Å². The zero-order valence-corrected chi connectivity index (χ0v) is 17.6. The Morgan fingerprint density at radius 2 is 2.00 bits per heavy atom. The second-order valence-electron chi connectivity index (χ2n) is 7.10. The van der Waals surface area contributed by atoms with Crippen LogP contribution in [-0.2, 0) is 17.8 Å². The molecule has 1 saturated heterocycles. The van der Waals surface area contributed by atoms with Crippen LogP contribution in [0.15, 0.2) is 18.5 Å². The predicted octanol–water partition coefficient (Wildman–Crippen LogP) is 2.73. The summed E-state index contributed by atoms with van der Waals surface area (Å²) in [4.78, 5) is 27.0. The fourth-order valence-corrected chi connectivity index (χ4v) is 4.85. The molecular weight excluding hydrogens is 396 g/mol. The van der Waals surface area contributed by atoms with Crippen molar-refractivity contribution in [3.05, 3.63) is 44.6 Å². The summed E-state index contributed by atoms with van der Waals surface area (Å²) in [5.41, 5.74) is 3.01. The van der Waals surface area contributed by atoms with Crippen molar-refractivity contribution in [2.24, 2.45) is 0 Å². The molecule has 1 amide bonds. The van der Waals surface area contributed by atoms with Crippen LogP contribution >= 0.6 is 22.9 Å². The molecule has 1 fully saturated rings. The van der Waals surface area contributed by atoms with Gasteiger partial charge in [0.1, 0.15) is 6.33 Å². The predicted molar refractivity (Wildman–Crippen MR) is 110 cm³/mol. The number of piperazine rings is 1. The number of aromatic nitrogens is 4. The molecule has 0 N–H and O–H groups in total.